The number of carbonyl (C=O) groups excluding carboxylic acids is 2. The van der Waals surface area contributed by atoms with Gasteiger partial charge in [-0.1, -0.05) is 29.3 Å². The van der Waals surface area contributed by atoms with Gasteiger partial charge in [0.2, 0.25) is 5.91 Å². The summed E-state index contributed by atoms with van der Waals surface area (Å²) in [4.78, 5) is 54.9. The van der Waals surface area contributed by atoms with Gasteiger partial charge < -0.3 is 23.9 Å². The van der Waals surface area contributed by atoms with Crippen molar-refractivity contribution in [2.24, 2.45) is 7.05 Å². The number of piperazine rings is 1. The Morgan fingerprint density at radius 3 is 2.25 bits per heavy atom. The van der Waals surface area contributed by atoms with Crippen molar-refractivity contribution in [1.82, 2.24) is 28.9 Å². The maximum atomic E-state index is 15.1. The average Bonchev–Trinajstić information content (AvgIpc) is 3.72. The van der Waals surface area contributed by atoms with E-state index in [-0.39, 0.29) is 23.4 Å². The maximum absolute atomic E-state index is 15.1. The quantitative estimate of drug-likeness (QED) is 0.136. The molecule has 0 saturated carbocycles. The summed E-state index contributed by atoms with van der Waals surface area (Å²) < 4.78 is 10.4. The van der Waals surface area contributed by atoms with Crippen LogP contribution in [0, 0.1) is 27.7 Å². The highest BCUT2D eigenvalue weighted by molar-refractivity contribution is 6.35. The molecule has 5 heterocycles. The third-order valence-electron chi connectivity index (χ3n) is 12.1. The number of rotatable bonds is 10. The number of aromatic nitrogens is 4. The third-order valence-corrected chi connectivity index (χ3v) is 13.0. The lowest BCUT2D eigenvalue weighted by Crippen LogP contribution is -2.47. The zero-order valence-corrected chi connectivity index (χ0v) is 36.5. The summed E-state index contributed by atoms with van der Waals surface area (Å²) in [6.07, 6.45) is 1.19. The first-order valence-electron chi connectivity index (χ1n) is 20.3. The van der Waals surface area contributed by atoms with Crippen molar-refractivity contribution in [3.05, 3.63) is 104 Å². The Morgan fingerprint density at radius 1 is 0.917 bits per heavy atom. The van der Waals surface area contributed by atoms with Crippen LogP contribution in [0.4, 0.5) is 5.82 Å². The minimum Gasteiger partial charge on any atom is -0.494 e. The number of aryl methyl sites for hydroxylation is 6. The Balaban J connectivity index is 1.21. The molecule has 0 spiro atoms. The molecular formula is C46H49Cl2N7O5. The van der Waals surface area contributed by atoms with Crippen molar-refractivity contribution in [3.63, 3.8) is 0 Å². The van der Waals surface area contributed by atoms with E-state index in [1.54, 1.807) is 25.1 Å². The molecule has 1 atom stereocenters. The van der Waals surface area contributed by atoms with Gasteiger partial charge in [0.05, 0.1) is 29.3 Å². The molecule has 3 aromatic carbocycles. The number of aromatic carboxylic acids is 1. The molecule has 312 valence electrons. The van der Waals surface area contributed by atoms with Crippen LogP contribution in [0.15, 0.2) is 48.5 Å². The lowest BCUT2D eigenvalue weighted by atomic mass is 9.97. The van der Waals surface area contributed by atoms with Crippen molar-refractivity contribution in [2.45, 2.75) is 67.0 Å². The van der Waals surface area contributed by atoms with Crippen LogP contribution in [0.1, 0.15) is 81.1 Å². The number of carboxylic acids is 1. The smallest absolute Gasteiger partial charge is 0.335 e. The number of carboxylic acid groups (broad SMARTS) is 1. The fraction of sp³-hybridized carbons (Fsp3) is 0.370. The number of halogens is 2. The Morgan fingerprint density at radius 2 is 1.60 bits per heavy atom. The second-order valence-electron chi connectivity index (χ2n) is 16.2. The molecule has 1 fully saturated rings. The molecule has 2 aliphatic heterocycles. The number of benzene rings is 3. The van der Waals surface area contributed by atoms with E-state index in [2.05, 4.69) is 16.4 Å². The second kappa shape index (κ2) is 16.2. The first kappa shape index (κ1) is 41.3. The monoisotopic (exact) mass is 849 g/mol. The second-order valence-corrected chi connectivity index (χ2v) is 17.0. The topological polar surface area (TPSA) is 126 Å². The summed E-state index contributed by atoms with van der Waals surface area (Å²) in [5.41, 5.74) is 8.48. The number of fused-ring (bicyclic) bond motifs is 4. The highest BCUT2D eigenvalue weighted by Gasteiger charge is 2.38. The lowest BCUT2D eigenvalue weighted by molar-refractivity contribution is -0.130. The van der Waals surface area contributed by atoms with Crippen LogP contribution in [0.5, 0.6) is 5.75 Å². The van der Waals surface area contributed by atoms with Gasteiger partial charge in [0.1, 0.15) is 23.1 Å². The van der Waals surface area contributed by atoms with Gasteiger partial charge in [-0.05, 0) is 107 Å². The highest BCUT2D eigenvalue weighted by Crippen LogP contribution is 2.45. The van der Waals surface area contributed by atoms with Crippen LogP contribution in [0.25, 0.3) is 32.9 Å². The highest BCUT2D eigenvalue weighted by atomic mass is 35.5. The predicted molar refractivity (Wildman–Crippen MR) is 236 cm³/mol. The molecule has 1 saturated heterocycles. The molecule has 0 unspecified atom stereocenters. The van der Waals surface area contributed by atoms with Crippen molar-refractivity contribution in [1.29, 1.82) is 0 Å². The van der Waals surface area contributed by atoms with E-state index in [0.29, 0.717) is 68.0 Å². The molecule has 2 aliphatic rings. The number of ether oxygens (including phenoxy) is 1. The molecule has 1 N–H and O–H groups in total. The maximum Gasteiger partial charge on any atom is 0.335 e. The zero-order valence-electron chi connectivity index (χ0n) is 35.0. The number of amides is 2. The molecule has 3 aromatic heterocycles. The number of hydrogen-bond acceptors (Lipinski definition) is 7. The fourth-order valence-corrected chi connectivity index (χ4v) is 9.51. The third kappa shape index (κ3) is 7.39. The number of hydrogen-bond donors (Lipinski definition) is 1. The van der Waals surface area contributed by atoms with E-state index in [4.69, 9.17) is 37.9 Å². The van der Waals surface area contributed by atoms with E-state index < -0.39 is 5.97 Å². The summed E-state index contributed by atoms with van der Waals surface area (Å²) in [7, 11) is 1.90. The van der Waals surface area contributed by atoms with E-state index in [1.807, 2.05) is 79.4 Å². The molecule has 0 bridgehead atoms. The Labute approximate surface area is 359 Å². The van der Waals surface area contributed by atoms with Crippen LogP contribution in [-0.4, -0.2) is 91.1 Å². The first-order valence-corrected chi connectivity index (χ1v) is 21.1. The average molecular weight is 851 g/mol. The van der Waals surface area contributed by atoms with Gasteiger partial charge in [-0.25, -0.2) is 14.8 Å². The van der Waals surface area contributed by atoms with Crippen molar-refractivity contribution in [3.8, 4) is 16.9 Å². The summed E-state index contributed by atoms with van der Waals surface area (Å²) in [6, 6.07) is 14.5. The van der Waals surface area contributed by atoms with Gasteiger partial charge in [0.15, 0.2) is 0 Å². The van der Waals surface area contributed by atoms with E-state index in [1.165, 1.54) is 0 Å². The van der Waals surface area contributed by atoms with Gasteiger partial charge >= 0.3 is 5.97 Å². The number of anilines is 1. The Kier molecular flexibility index (Phi) is 11.2. The molecule has 0 aliphatic carbocycles. The fourth-order valence-electron chi connectivity index (χ4n) is 9.16. The number of carbonyl (C=O) groups is 3. The van der Waals surface area contributed by atoms with Crippen LogP contribution < -0.4 is 9.64 Å². The summed E-state index contributed by atoms with van der Waals surface area (Å²) >= 11 is 13.7. The number of nitrogens with zero attached hydrogens (tertiary/aromatic N) is 7. The molecule has 14 heteroatoms. The van der Waals surface area contributed by atoms with E-state index in [0.717, 1.165) is 84.9 Å². The van der Waals surface area contributed by atoms with Gasteiger partial charge in [-0.2, -0.15) is 0 Å². The Hall–Kier alpha value is -5.43. The van der Waals surface area contributed by atoms with Crippen LogP contribution in [0.3, 0.4) is 0 Å². The summed E-state index contributed by atoms with van der Waals surface area (Å²) in [5.74, 6) is 1.07. The minimum atomic E-state index is -1.01. The standard InChI is InChI=1S/C46H49Cl2N7O5/c1-25-19-33(20-26(2)42(25)48)60-18-8-9-34-35-11-12-36(47)41(40-28(4)49-38(50-29(40)5)24-52-14-16-53(17-15-52)30(6)56)43(35)55-27(3)23-54(45(57)44(34)55)39-22-32-21-31(46(58)59)10-13-37(32)51(39)7/h10-13,19-22,27H,8-9,14-18,23-24H2,1-7H3,(H,58,59)/t27-/m1/s1. The molecule has 12 nitrogen and oxygen atoms in total. The summed E-state index contributed by atoms with van der Waals surface area (Å²) in [5, 5.41) is 12.6. The van der Waals surface area contributed by atoms with Crippen molar-refractivity contribution >= 4 is 68.6 Å². The van der Waals surface area contributed by atoms with Crippen LogP contribution in [-0.2, 0) is 24.8 Å². The summed E-state index contributed by atoms with van der Waals surface area (Å²) in [6.45, 7) is 15.8. The van der Waals surface area contributed by atoms with Gasteiger partial charge in [-0.3, -0.25) is 19.4 Å². The first-order chi connectivity index (χ1) is 28.6. The Bertz CT molecular complexity index is 2690. The normalized spacial score (nSPS) is 15.9. The minimum absolute atomic E-state index is 0.0912. The van der Waals surface area contributed by atoms with Gasteiger partial charge in [0, 0.05) is 96.6 Å². The van der Waals surface area contributed by atoms with Crippen LogP contribution in [0.2, 0.25) is 10.0 Å². The largest absolute Gasteiger partial charge is 0.494 e. The molecule has 6 aromatic rings. The van der Waals surface area contributed by atoms with Gasteiger partial charge in [-0.15, -0.1) is 0 Å². The molecular weight excluding hydrogens is 801 g/mol. The zero-order chi connectivity index (χ0) is 42.7. The predicted octanol–water partition coefficient (Wildman–Crippen LogP) is 8.73. The molecule has 8 rings (SSSR count). The molecule has 2 amide bonds. The van der Waals surface area contributed by atoms with Gasteiger partial charge in [0.25, 0.3) is 5.91 Å². The van der Waals surface area contributed by atoms with E-state index >= 15 is 4.79 Å². The molecule has 60 heavy (non-hydrogen) atoms. The van der Waals surface area contributed by atoms with Crippen LogP contribution >= 0.6 is 23.2 Å². The SMILES string of the molecule is CC(=O)N1CCN(Cc2nc(C)c(-c3c(Cl)ccc4c(CCCOc5cc(C)c(Cl)c(C)c5)c5n(c34)[C@H](C)CN(c3cc4cc(C(=O)O)ccc4n3C)C5=O)c(C)n2)CC1. The molecule has 0 radical (unpaired) electrons. The lowest BCUT2D eigenvalue weighted by Gasteiger charge is -2.34. The van der Waals surface area contributed by atoms with E-state index in [9.17, 15) is 14.7 Å². The van der Waals surface area contributed by atoms with Crippen molar-refractivity contribution < 1.29 is 24.2 Å². The van der Waals surface area contributed by atoms with Crippen molar-refractivity contribution in [2.75, 3.05) is 44.2 Å².